The Bertz CT molecular complexity index is 723. The summed E-state index contributed by atoms with van der Waals surface area (Å²) in [5.74, 6) is -0.643. The van der Waals surface area contributed by atoms with Crippen molar-refractivity contribution >= 4 is 28.9 Å². The van der Waals surface area contributed by atoms with E-state index in [9.17, 15) is 18.0 Å². The predicted octanol–water partition coefficient (Wildman–Crippen LogP) is 3.47. The highest BCUT2D eigenvalue weighted by Crippen LogP contribution is 2.38. The van der Waals surface area contributed by atoms with E-state index in [1.54, 1.807) is 5.10 Å². The number of nitrogens with two attached hydrogens (primary N) is 1. The van der Waals surface area contributed by atoms with Crippen molar-refractivity contribution in [3.63, 3.8) is 0 Å². The first-order chi connectivity index (χ1) is 9.68. The zero-order chi connectivity index (χ0) is 15.8. The minimum Gasteiger partial charge on any atom is -0.434 e. The molecule has 1 heterocycles. The van der Waals surface area contributed by atoms with Crippen LogP contribution in [0.5, 0.6) is 11.6 Å². The molecular formula is C11H6Cl2F3N3O2. The number of nitrogens with one attached hydrogen (secondary N) is 1. The van der Waals surface area contributed by atoms with Crippen molar-refractivity contribution in [2.45, 2.75) is 6.18 Å². The maximum absolute atomic E-state index is 12.6. The van der Waals surface area contributed by atoms with E-state index in [1.807, 2.05) is 0 Å². The fraction of sp³-hybridized carbons (Fsp3) is 0.0909. The van der Waals surface area contributed by atoms with Crippen molar-refractivity contribution in [3.05, 3.63) is 44.2 Å². The summed E-state index contributed by atoms with van der Waals surface area (Å²) >= 11 is 11.7. The second-order valence-corrected chi connectivity index (χ2v) is 4.68. The van der Waals surface area contributed by atoms with Gasteiger partial charge < -0.3 is 10.5 Å². The molecule has 0 bridgehead atoms. The number of ether oxygens (including phenoxy) is 1. The second-order valence-electron chi connectivity index (χ2n) is 3.86. The normalized spacial score (nSPS) is 11.5. The van der Waals surface area contributed by atoms with Gasteiger partial charge in [0.15, 0.2) is 5.75 Å². The minimum absolute atomic E-state index is 0.0124. The molecule has 1 aromatic heterocycles. The molecule has 0 atom stereocenters. The largest absolute Gasteiger partial charge is 0.434 e. The molecule has 0 radical (unpaired) electrons. The fourth-order valence-electron chi connectivity index (χ4n) is 1.43. The third-order valence-electron chi connectivity index (χ3n) is 2.31. The van der Waals surface area contributed by atoms with Crippen LogP contribution in [0.4, 0.5) is 18.9 Å². The number of anilines is 1. The molecule has 10 heteroatoms. The van der Waals surface area contributed by atoms with Gasteiger partial charge in [0.1, 0.15) is 5.56 Å². The third-order valence-corrected chi connectivity index (χ3v) is 2.87. The number of benzene rings is 1. The van der Waals surface area contributed by atoms with Crippen LogP contribution in [0.15, 0.2) is 23.0 Å². The summed E-state index contributed by atoms with van der Waals surface area (Å²) in [6.07, 6.45) is -4.84. The highest BCUT2D eigenvalue weighted by atomic mass is 35.5. The van der Waals surface area contributed by atoms with Crippen molar-refractivity contribution in [2.24, 2.45) is 0 Å². The van der Waals surface area contributed by atoms with E-state index in [2.05, 4.69) is 5.10 Å². The third kappa shape index (κ3) is 3.40. The van der Waals surface area contributed by atoms with Crippen LogP contribution in [0.3, 0.4) is 0 Å². The highest BCUT2D eigenvalue weighted by molar-refractivity contribution is 6.37. The number of rotatable bonds is 2. The Kier molecular flexibility index (Phi) is 4.02. The van der Waals surface area contributed by atoms with Gasteiger partial charge in [0, 0.05) is 11.8 Å². The van der Waals surface area contributed by atoms with Gasteiger partial charge in [-0.25, -0.2) is 5.10 Å². The number of halogens is 5. The van der Waals surface area contributed by atoms with Gasteiger partial charge in [0.25, 0.3) is 5.56 Å². The van der Waals surface area contributed by atoms with E-state index in [1.165, 1.54) is 12.1 Å². The van der Waals surface area contributed by atoms with Crippen LogP contribution in [-0.4, -0.2) is 10.2 Å². The van der Waals surface area contributed by atoms with Gasteiger partial charge in [-0.15, -0.1) is 5.10 Å². The van der Waals surface area contributed by atoms with Crippen molar-refractivity contribution < 1.29 is 17.9 Å². The van der Waals surface area contributed by atoms with Gasteiger partial charge >= 0.3 is 6.18 Å². The van der Waals surface area contributed by atoms with Crippen LogP contribution < -0.4 is 16.0 Å². The van der Waals surface area contributed by atoms with Gasteiger partial charge in [-0.2, -0.15) is 13.2 Å². The number of nitrogen functional groups attached to an aromatic ring is 1. The van der Waals surface area contributed by atoms with Crippen molar-refractivity contribution in [1.82, 2.24) is 10.2 Å². The summed E-state index contributed by atoms with van der Waals surface area (Å²) in [7, 11) is 0. The Labute approximate surface area is 125 Å². The molecule has 2 aromatic rings. The Hall–Kier alpha value is -1.93. The predicted molar refractivity (Wildman–Crippen MR) is 70.8 cm³/mol. The van der Waals surface area contributed by atoms with E-state index < -0.39 is 23.2 Å². The maximum atomic E-state index is 12.6. The SMILES string of the molecule is Nc1cc(Cl)c(Oc2cc(C(F)(F)F)c(=O)[nH]n2)c(Cl)c1. The van der Waals surface area contributed by atoms with Gasteiger partial charge in [0.05, 0.1) is 10.0 Å². The van der Waals surface area contributed by atoms with E-state index in [0.717, 1.165) is 0 Å². The van der Waals surface area contributed by atoms with Crippen molar-refractivity contribution in [3.8, 4) is 11.6 Å². The van der Waals surface area contributed by atoms with Gasteiger partial charge in [-0.3, -0.25) is 4.79 Å². The van der Waals surface area contributed by atoms with Crippen LogP contribution >= 0.6 is 23.2 Å². The zero-order valence-corrected chi connectivity index (χ0v) is 11.5. The molecule has 0 saturated carbocycles. The molecule has 0 aliphatic heterocycles. The van der Waals surface area contributed by atoms with E-state index >= 15 is 0 Å². The van der Waals surface area contributed by atoms with E-state index in [-0.39, 0.29) is 21.5 Å². The van der Waals surface area contributed by atoms with Gasteiger partial charge in [-0.1, -0.05) is 23.2 Å². The summed E-state index contributed by atoms with van der Waals surface area (Å²) in [6, 6.07) is 3.06. The number of nitrogens with zero attached hydrogens (tertiary/aromatic N) is 1. The standard InChI is InChI=1S/C11H6Cl2F3N3O2/c12-6-1-4(17)2-7(13)9(6)21-8-3-5(11(14,15)16)10(20)19-18-8/h1-3H,17H2,(H,19,20). The van der Waals surface area contributed by atoms with Crippen LogP contribution in [-0.2, 0) is 6.18 Å². The number of aromatic amines is 1. The summed E-state index contributed by atoms with van der Waals surface area (Å²) in [4.78, 5) is 11.1. The van der Waals surface area contributed by atoms with E-state index in [4.69, 9.17) is 33.7 Å². The average Bonchev–Trinajstić information content (AvgIpc) is 2.34. The highest BCUT2D eigenvalue weighted by Gasteiger charge is 2.35. The topological polar surface area (TPSA) is 81.0 Å². The van der Waals surface area contributed by atoms with E-state index in [0.29, 0.717) is 6.07 Å². The summed E-state index contributed by atoms with van der Waals surface area (Å²) in [5.41, 5.74) is 2.91. The zero-order valence-electron chi connectivity index (χ0n) is 9.96. The lowest BCUT2D eigenvalue weighted by Crippen LogP contribution is -2.22. The lowest BCUT2D eigenvalue weighted by Gasteiger charge is -2.11. The Morgan fingerprint density at radius 3 is 2.29 bits per heavy atom. The van der Waals surface area contributed by atoms with Crippen LogP contribution in [0.25, 0.3) is 0 Å². The van der Waals surface area contributed by atoms with Crippen LogP contribution in [0.2, 0.25) is 10.0 Å². The van der Waals surface area contributed by atoms with Gasteiger partial charge in [-0.05, 0) is 12.1 Å². The molecule has 0 unspecified atom stereocenters. The molecular weight excluding hydrogens is 334 g/mol. The van der Waals surface area contributed by atoms with Crippen molar-refractivity contribution in [1.29, 1.82) is 0 Å². The number of hydrogen-bond acceptors (Lipinski definition) is 4. The molecule has 2 rings (SSSR count). The smallest absolute Gasteiger partial charge is 0.421 e. The number of aromatic nitrogens is 2. The van der Waals surface area contributed by atoms with Crippen LogP contribution in [0, 0.1) is 0 Å². The fourth-order valence-corrected chi connectivity index (χ4v) is 2.01. The van der Waals surface area contributed by atoms with Gasteiger partial charge in [0.2, 0.25) is 5.88 Å². The lowest BCUT2D eigenvalue weighted by atomic mass is 10.3. The molecule has 0 aliphatic rings. The number of hydrogen-bond donors (Lipinski definition) is 2. The monoisotopic (exact) mass is 339 g/mol. The molecule has 21 heavy (non-hydrogen) atoms. The molecule has 1 aromatic carbocycles. The first-order valence-corrected chi connectivity index (χ1v) is 6.03. The molecule has 0 spiro atoms. The molecule has 0 aliphatic carbocycles. The molecule has 0 saturated heterocycles. The number of H-pyrrole nitrogens is 1. The minimum atomic E-state index is -4.84. The lowest BCUT2D eigenvalue weighted by molar-refractivity contribution is -0.138. The Morgan fingerprint density at radius 2 is 1.76 bits per heavy atom. The van der Waals surface area contributed by atoms with Crippen molar-refractivity contribution in [2.75, 3.05) is 5.73 Å². The molecule has 0 amide bonds. The Morgan fingerprint density at radius 1 is 1.19 bits per heavy atom. The maximum Gasteiger partial charge on any atom is 0.421 e. The molecule has 0 fully saturated rings. The summed E-state index contributed by atoms with van der Waals surface area (Å²) < 4.78 is 42.9. The average molecular weight is 340 g/mol. The quantitative estimate of drug-likeness (QED) is 0.821. The molecule has 3 N–H and O–H groups in total. The first-order valence-electron chi connectivity index (χ1n) is 5.28. The Balaban J connectivity index is 2.44. The second kappa shape index (κ2) is 5.45. The first kappa shape index (κ1) is 15.5. The summed E-state index contributed by atoms with van der Waals surface area (Å²) in [5, 5.41) is 5.00. The number of alkyl halides is 3. The summed E-state index contributed by atoms with van der Waals surface area (Å²) in [6.45, 7) is 0. The van der Waals surface area contributed by atoms with Crippen LogP contribution in [0.1, 0.15) is 5.56 Å². The molecule has 5 nitrogen and oxygen atoms in total. The molecule has 112 valence electrons.